The van der Waals surface area contributed by atoms with Gasteiger partial charge in [0, 0.05) is 0 Å². The van der Waals surface area contributed by atoms with Crippen molar-refractivity contribution in [3.63, 3.8) is 0 Å². The van der Waals surface area contributed by atoms with Crippen molar-refractivity contribution in [3.05, 3.63) is 0 Å². The van der Waals surface area contributed by atoms with E-state index in [-0.39, 0.29) is 0 Å². The lowest BCUT2D eigenvalue weighted by Crippen LogP contribution is -2.25. The number of rotatable bonds is 1. The molecule has 2 unspecified atom stereocenters. The van der Waals surface area contributed by atoms with E-state index in [1.54, 1.807) is 0 Å². The quantitative estimate of drug-likeness (QED) is 0.600. The average Bonchev–Trinajstić information content (AvgIpc) is 2.21. The average molecular weight is 230 g/mol. The minimum absolute atomic E-state index is 0.935. The molecule has 2 aliphatic carbocycles. The van der Waals surface area contributed by atoms with Crippen molar-refractivity contribution in [1.29, 1.82) is 0 Å². The fourth-order valence-electron chi connectivity index (χ4n) is 3.23. The lowest BCUT2D eigenvalue weighted by Gasteiger charge is -2.36. The van der Waals surface area contributed by atoms with Gasteiger partial charge in [0.15, 0.2) is 0 Å². The molecule has 2 atom stereocenters. The van der Waals surface area contributed by atoms with Crippen LogP contribution in [0, 0.1) is 11.8 Å². The van der Waals surface area contributed by atoms with Crippen LogP contribution in [0.2, 0.25) is 0 Å². The van der Waals surface area contributed by atoms with E-state index in [2.05, 4.69) is 18.5 Å². The zero-order chi connectivity index (χ0) is 9.97. The van der Waals surface area contributed by atoms with Crippen LogP contribution in [0.3, 0.4) is 0 Å². The Morgan fingerprint density at radius 2 is 0.786 bits per heavy atom. The summed E-state index contributed by atoms with van der Waals surface area (Å²) in [5.74, 6) is 2.17. The predicted octanol–water partition coefficient (Wildman–Crippen LogP) is 3.85. The summed E-state index contributed by atoms with van der Waals surface area (Å²) >= 11 is 0. The Morgan fingerprint density at radius 1 is 0.500 bits per heavy atom. The van der Waals surface area contributed by atoms with E-state index < -0.39 is 0 Å². The minimum atomic E-state index is 0.935. The summed E-state index contributed by atoms with van der Waals surface area (Å²) in [5, 5.41) is 0. The van der Waals surface area contributed by atoms with Crippen molar-refractivity contribution in [3.8, 4) is 0 Å². The molecule has 0 amide bonds. The predicted molar refractivity (Wildman–Crippen MR) is 70.9 cm³/mol. The van der Waals surface area contributed by atoms with E-state index in [1.165, 1.54) is 51.4 Å². The SMILES string of the molecule is PC1CCC(C2CCC(P)CC2)CC1. The summed E-state index contributed by atoms with van der Waals surface area (Å²) in [6.07, 6.45) is 11.9. The van der Waals surface area contributed by atoms with E-state index in [1.807, 2.05) is 0 Å². The Kier molecular flexibility index (Phi) is 4.27. The van der Waals surface area contributed by atoms with Crippen molar-refractivity contribution in [2.24, 2.45) is 11.8 Å². The lowest BCUT2D eigenvalue weighted by molar-refractivity contribution is 0.200. The smallest absolute Gasteiger partial charge is 0.0264 e. The lowest BCUT2D eigenvalue weighted by atomic mass is 9.73. The second kappa shape index (κ2) is 5.27. The third-order valence-electron chi connectivity index (χ3n) is 4.30. The first-order valence-electron chi connectivity index (χ1n) is 6.27. The van der Waals surface area contributed by atoms with Gasteiger partial charge in [-0.2, -0.15) is 0 Å². The standard InChI is InChI=1S/C12H24P2/c13-11-5-1-9(2-6-11)10-3-7-12(14)8-4-10/h9-12H,1-8,13-14H2. The van der Waals surface area contributed by atoms with Crippen LogP contribution in [0.25, 0.3) is 0 Å². The van der Waals surface area contributed by atoms with Gasteiger partial charge in [0.05, 0.1) is 0 Å². The van der Waals surface area contributed by atoms with Gasteiger partial charge in [-0.3, -0.25) is 0 Å². The molecule has 2 rings (SSSR count). The summed E-state index contributed by atoms with van der Waals surface area (Å²) in [5.41, 5.74) is 1.87. The van der Waals surface area contributed by atoms with Crippen molar-refractivity contribution in [2.75, 3.05) is 0 Å². The Balaban J connectivity index is 1.78. The van der Waals surface area contributed by atoms with Crippen LogP contribution in [-0.2, 0) is 0 Å². The van der Waals surface area contributed by atoms with Gasteiger partial charge in [0.25, 0.3) is 0 Å². The van der Waals surface area contributed by atoms with Gasteiger partial charge < -0.3 is 0 Å². The molecule has 0 aliphatic heterocycles. The molecule has 0 saturated heterocycles. The molecule has 0 aromatic carbocycles. The van der Waals surface area contributed by atoms with E-state index in [0.29, 0.717) is 0 Å². The van der Waals surface area contributed by atoms with Gasteiger partial charge in [0.1, 0.15) is 0 Å². The molecule has 2 heteroatoms. The molecule has 0 radical (unpaired) electrons. The van der Waals surface area contributed by atoms with Crippen LogP contribution in [0.4, 0.5) is 0 Å². The van der Waals surface area contributed by atoms with Crippen LogP contribution in [0.15, 0.2) is 0 Å². The molecule has 0 bridgehead atoms. The third kappa shape index (κ3) is 2.93. The molecule has 2 fully saturated rings. The topological polar surface area (TPSA) is 0 Å². The van der Waals surface area contributed by atoms with Gasteiger partial charge in [0.2, 0.25) is 0 Å². The van der Waals surface area contributed by atoms with Gasteiger partial charge >= 0.3 is 0 Å². The largest absolute Gasteiger partial charge is 0.134 e. The summed E-state index contributed by atoms with van der Waals surface area (Å²) in [7, 11) is 6.03. The van der Waals surface area contributed by atoms with Gasteiger partial charge in [-0.05, 0) is 74.5 Å². The minimum Gasteiger partial charge on any atom is -0.134 e. The highest BCUT2D eigenvalue weighted by Crippen LogP contribution is 2.40. The number of hydrogen-bond donors (Lipinski definition) is 0. The van der Waals surface area contributed by atoms with E-state index in [0.717, 1.165) is 23.2 Å². The molecule has 0 heterocycles. The van der Waals surface area contributed by atoms with Crippen LogP contribution < -0.4 is 0 Å². The molecule has 0 aromatic heterocycles. The molecule has 14 heavy (non-hydrogen) atoms. The zero-order valence-corrected chi connectivity index (χ0v) is 11.4. The maximum absolute atomic E-state index is 3.01. The highest BCUT2D eigenvalue weighted by atomic mass is 31.0. The van der Waals surface area contributed by atoms with Crippen molar-refractivity contribution in [2.45, 2.75) is 62.7 Å². The Labute approximate surface area is 93.4 Å². The van der Waals surface area contributed by atoms with Crippen molar-refractivity contribution in [1.82, 2.24) is 0 Å². The van der Waals surface area contributed by atoms with Crippen molar-refractivity contribution >= 4 is 18.5 Å². The second-order valence-corrected chi connectivity index (χ2v) is 7.24. The van der Waals surface area contributed by atoms with Crippen molar-refractivity contribution < 1.29 is 0 Å². The summed E-state index contributed by atoms with van der Waals surface area (Å²) in [6.45, 7) is 0. The highest BCUT2D eigenvalue weighted by molar-refractivity contribution is 7.17. The first-order valence-corrected chi connectivity index (χ1v) is 7.60. The monoisotopic (exact) mass is 230 g/mol. The normalized spacial score (nSPS) is 45.0. The van der Waals surface area contributed by atoms with Gasteiger partial charge in [-0.25, -0.2) is 0 Å². The molecule has 2 saturated carbocycles. The van der Waals surface area contributed by atoms with Crippen LogP contribution in [0.1, 0.15) is 51.4 Å². The van der Waals surface area contributed by atoms with Gasteiger partial charge in [-0.1, -0.05) is 0 Å². The number of hydrogen-bond acceptors (Lipinski definition) is 0. The third-order valence-corrected chi connectivity index (χ3v) is 5.63. The first kappa shape index (κ1) is 11.3. The molecule has 0 N–H and O–H groups in total. The fraction of sp³-hybridized carbons (Fsp3) is 1.00. The molecule has 82 valence electrons. The molecule has 0 nitrogen and oxygen atoms in total. The summed E-state index contributed by atoms with van der Waals surface area (Å²) in [4.78, 5) is 0. The first-order chi connectivity index (χ1) is 6.75. The maximum Gasteiger partial charge on any atom is -0.0264 e. The highest BCUT2D eigenvalue weighted by Gasteiger charge is 2.28. The zero-order valence-electron chi connectivity index (χ0n) is 9.12. The molecule has 0 spiro atoms. The Morgan fingerprint density at radius 3 is 1.07 bits per heavy atom. The van der Waals surface area contributed by atoms with Crippen LogP contribution >= 0.6 is 18.5 Å². The maximum atomic E-state index is 3.01. The molecule has 0 aromatic rings. The summed E-state index contributed by atoms with van der Waals surface area (Å²) < 4.78 is 0. The van der Waals surface area contributed by atoms with E-state index >= 15 is 0 Å². The van der Waals surface area contributed by atoms with Gasteiger partial charge in [-0.15, -0.1) is 18.5 Å². The summed E-state index contributed by atoms with van der Waals surface area (Å²) in [6, 6.07) is 0. The second-order valence-electron chi connectivity index (χ2n) is 5.35. The Bertz CT molecular complexity index is 145. The van der Waals surface area contributed by atoms with E-state index in [9.17, 15) is 0 Å². The van der Waals surface area contributed by atoms with Crippen LogP contribution in [-0.4, -0.2) is 11.3 Å². The fourth-order valence-corrected chi connectivity index (χ4v) is 4.00. The Hall–Kier alpha value is 0.860. The molecular weight excluding hydrogens is 206 g/mol. The van der Waals surface area contributed by atoms with E-state index in [4.69, 9.17) is 0 Å². The molecular formula is C12H24P2. The van der Waals surface area contributed by atoms with Crippen LogP contribution in [0.5, 0.6) is 0 Å². The molecule has 2 aliphatic rings.